The molecule has 1 aromatic heterocycles. The highest BCUT2D eigenvalue weighted by Crippen LogP contribution is 2.28. The lowest BCUT2D eigenvalue weighted by atomic mass is 10.1. The Morgan fingerprint density at radius 2 is 1.38 bits per heavy atom. The molecule has 14 heteroatoms. The average molecular weight is 655 g/mol. The number of piperidine rings is 1. The number of anilines is 1. The summed E-state index contributed by atoms with van der Waals surface area (Å²) in [6.45, 7) is 6.10. The van der Waals surface area contributed by atoms with Crippen molar-refractivity contribution in [3.63, 3.8) is 0 Å². The summed E-state index contributed by atoms with van der Waals surface area (Å²) in [5.74, 6) is -2.09. The van der Waals surface area contributed by atoms with Crippen molar-refractivity contribution in [1.29, 1.82) is 0 Å². The molecule has 10 nitrogen and oxygen atoms in total. The molecule has 0 aliphatic carbocycles. The lowest BCUT2D eigenvalue weighted by Gasteiger charge is -2.33. The molecule has 0 saturated carbocycles. The summed E-state index contributed by atoms with van der Waals surface area (Å²) in [5.41, 5.74) is -0.984. The highest BCUT2D eigenvalue weighted by atomic mass is 35.5. The summed E-state index contributed by atoms with van der Waals surface area (Å²) in [4.78, 5) is 53.9. The molecule has 4 rings (SSSR count). The number of ether oxygens (including phenoxy) is 1. The van der Waals surface area contributed by atoms with E-state index in [4.69, 9.17) is 51.1 Å². The highest BCUT2D eigenvalue weighted by molar-refractivity contribution is 6.41. The number of amides is 3. The molecule has 2 N–H and O–H groups in total. The Kier molecular flexibility index (Phi) is 9.72. The number of rotatable bonds is 5. The van der Waals surface area contributed by atoms with Gasteiger partial charge in [0.1, 0.15) is 5.60 Å². The molecule has 3 amide bonds. The van der Waals surface area contributed by atoms with Crippen LogP contribution in [0.15, 0.2) is 42.6 Å². The lowest BCUT2D eigenvalue weighted by Crippen LogP contribution is -2.48. The monoisotopic (exact) mass is 653 g/mol. The summed E-state index contributed by atoms with van der Waals surface area (Å²) >= 11 is 24.8. The topological polar surface area (TPSA) is 123 Å². The van der Waals surface area contributed by atoms with E-state index in [1.54, 1.807) is 37.8 Å². The van der Waals surface area contributed by atoms with Crippen molar-refractivity contribution in [1.82, 2.24) is 20.0 Å². The van der Waals surface area contributed by atoms with E-state index in [0.717, 1.165) is 4.68 Å². The average Bonchev–Trinajstić information content (AvgIpc) is 3.31. The molecule has 1 aliphatic rings. The molecular weight excluding hydrogens is 628 g/mol. The molecule has 42 heavy (non-hydrogen) atoms. The summed E-state index contributed by atoms with van der Waals surface area (Å²) < 4.78 is 6.30. The van der Waals surface area contributed by atoms with Crippen LogP contribution in [0.25, 0.3) is 0 Å². The van der Waals surface area contributed by atoms with E-state index >= 15 is 0 Å². The van der Waals surface area contributed by atoms with Crippen molar-refractivity contribution >= 4 is 75.9 Å². The van der Waals surface area contributed by atoms with Gasteiger partial charge in [-0.2, -0.15) is 5.10 Å². The van der Waals surface area contributed by atoms with Crippen LogP contribution in [-0.2, 0) is 4.74 Å². The minimum atomic E-state index is -0.721. The first kappa shape index (κ1) is 31.6. The second-order valence-corrected chi connectivity index (χ2v) is 12.1. The molecule has 0 spiro atoms. The van der Waals surface area contributed by atoms with E-state index in [2.05, 4.69) is 15.7 Å². The lowest BCUT2D eigenvalue weighted by molar-refractivity contribution is 0.0199. The Hall–Kier alpha value is -3.31. The zero-order chi connectivity index (χ0) is 30.8. The third kappa shape index (κ3) is 7.36. The summed E-state index contributed by atoms with van der Waals surface area (Å²) in [6.07, 6.45) is 1.67. The van der Waals surface area contributed by atoms with Crippen LogP contribution >= 0.6 is 46.4 Å². The van der Waals surface area contributed by atoms with E-state index < -0.39 is 29.4 Å². The second kappa shape index (κ2) is 12.9. The van der Waals surface area contributed by atoms with Gasteiger partial charge in [0.2, 0.25) is 0 Å². The fraction of sp³-hybridized carbons (Fsp3) is 0.321. The zero-order valence-electron chi connectivity index (χ0n) is 22.8. The smallest absolute Gasteiger partial charge is 0.410 e. The van der Waals surface area contributed by atoms with Gasteiger partial charge >= 0.3 is 6.09 Å². The Morgan fingerprint density at radius 3 is 1.90 bits per heavy atom. The molecule has 0 bridgehead atoms. The Bertz CT molecular complexity index is 1500. The van der Waals surface area contributed by atoms with E-state index in [1.807, 2.05) is 0 Å². The van der Waals surface area contributed by atoms with Gasteiger partial charge in [-0.1, -0.05) is 58.5 Å². The van der Waals surface area contributed by atoms with Gasteiger partial charge in [-0.25, -0.2) is 9.48 Å². The molecule has 1 aliphatic heterocycles. The number of nitrogens with one attached hydrogen (secondary N) is 2. The van der Waals surface area contributed by atoms with Crippen LogP contribution in [0.1, 0.15) is 64.8 Å². The van der Waals surface area contributed by atoms with Crippen molar-refractivity contribution in [3.05, 3.63) is 79.5 Å². The maximum absolute atomic E-state index is 13.4. The van der Waals surface area contributed by atoms with Crippen LogP contribution in [-0.4, -0.2) is 63.2 Å². The number of halogens is 4. The van der Waals surface area contributed by atoms with Gasteiger partial charge in [0.15, 0.2) is 5.69 Å². The summed E-state index contributed by atoms with van der Waals surface area (Å²) in [7, 11) is 0. The van der Waals surface area contributed by atoms with Crippen molar-refractivity contribution in [2.45, 2.75) is 45.3 Å². The van der Waals surface area contributed by atoms with Gasteiger partial charge in [-0.15, -0.1) is 0 Å². The predicted molar refractivity (Wildman–Crippen MR) is 161 cm³/mol. The molecule has 222 valence electrons. The third-order valence-electron chi connectivity index (χ3n) is 6.23. The number of carbonyl (C=O) groups is 4. The first-order valence-corrected chi connectivity index (χ1v) is 14.4. The third-order valence-corrected chi connectivity index (χ3v) is 7.49. The van der Waals surface area contributed by atoms with E-state index in [9.17, 15) is 19.2 Å². The maximum Gasteiger partial charge on any atom is 0.410 e. The second-order valence-electron chi connectivity index (χ2n) is 10.5. The Balaban J connectivity index is 1.58. The molecule has 0 unspecified atom stereocenters. The first-order chi connectivity index (χ1) is 19.7. The van der Waals surface area contributed by atoms with E-state index in [0.29, 0.717) is 25.9 Å². The number of nitrogens with zero attached hydrogens (tertiary/aromatic N) is 3. The van der Waals surface area contributed by atoms with Crippen LogP contribution in [0.2, 0.25) is 20.1 Å². The van der Waals surface area contributed by atoms with Gasteiger partial charge in [0.25, 0.3) is 17.7 Å². The highest BCUT2D eigenvalue weighted by Gasteiger charge is 2.30. The van der Waals surface area contributed by atoms with Gasteiger partial charge < -0.3 is 20.3 Å². The standard InChI is InChI=1S/C28H27Cl4N5O5/c1-28(2,3)42-27(41)36-12-10-15(11-13-36)33-25(39)23-20(34-24(38)21-16(29)6-4-7-17(21)30)14-37(35-23)26(40)22-18(31)8-5-9-19(22)32/h4-9,14-15H,10-13H2,1-3H3,(H,33,39)(H,34,38). The quantitative estimate of drug-likeness (QED) is 0.321. The molecule has 1 fully saturated rings. The van der Waals surface area contributed by atoms with Gasteiger partial charge in [0, 0.05) is 19.1 Å². The van der Waals surface area contributed by atoms with Crippen LogP contribution in [0, 0.1) is 0 Å². The SMILES string of the molecule is CC(C)(C)OC(=O)N1CCC(NC(=O)c2nn(C(=O)c3c(Cl)cccc3Cl)cc2NC(=O)c2c(Cl)cccc2Cl)CC1. The Labute approximate surface area is 262 Å². The van der Waals surface area contributed by atoms with Crippen LogP contribution in [0.5, 0.6) is 0 Å². The normalized spacial score (nSPS) is 13.9. The zero-order valence-corrected chi connectivity index (χ0v) is 25.9. The molecule has 0 radical (unpaired) electrons. The van der Waals surface area contributed by atoms with Crippen LogP contribution in [0.3, 0.4) is 0 Å². The van der Waals surface area contributed by atoms with Crippen LogP contribution in [0.4, 0.5) is 10.5 Å². The molecular formula is C28H27Cl4N5O5. The van der Waals surface area contributed by atoms with Crippen LogP contribution < -0.4 is 10.6 Å². The number of likely N-dealkylation sites (tertiary alicyclic amines) is 1. The van der Waals surface area contributed by atoms with Gasteiger partial charge in [0.05, 0.1) is 43.1 Å². The molecule has 0 atom stereocenters. The molecule has 2 aromatic carbocycles. The number of benzene rings is 2. The minimum absolute atomic E-state index is 0.0186. The number of hydrogen-bond acceptors (Lipinski definition) is 6. The molecule has 1 saturated heterocycles. The fourth-order valence-electron chi connectivity index (χ4n) is 4.24. The van der Waals surface area contributed by atoms with Crippen molar-refractivity contribution in [2.24, 2.45) is 0 Å². The van der Waals surface area contributed by atoms with Gasteiger partial charge in [-0.3, -0.25) is 14.4 Å². The van der Waals surface area contributed by atoms with Crippen molar-refractivity contribution in [2.75, 3.05) is 18.4 Å². The number of aromatic nitrogens is 2. The minimum Gasteiger partial charge on any atom is -0.444 e. The first-order valence-electron chi connectivity index (χ1n) is 12.9. The maximum atomic E-state index is 13.4. The van der Waals surface area contributed by atoms with E-state index in [-0.39, 0.29) is 48.6 Å². The Morgan fingerprint density at radius 1 is 0.857 bits per heavy atom. The summed E-state index contributed by atoms with van der Waals surface area (Å²) in [5, 5.41) is 9.99. The fourth-order valence-corrected chi connectivity index (χ4v) is 5.37. The van der Waals surface area contributed by atoms with Crippen molar-refractivity contribution in [3.8, 4) is 0 Å². The predicted octanol–water partition coefficient (Wildman–Crippen LogP) is 6.57. The number of hydrogen-bond donors (Lipinski definition) is 2. The van der Waals surface area contributed by atoms with E-state index in [1.165, 1.54) is 30.5 Å². The summed E-state index contributed by atoms with van der Waals surface area (Å²) in [6, 6.07) is 8.82. The van der Waals surface area contributed by atoms with Gasteiger partial charge in [-0.05, 0) is 57.9 Å². The van der Waals surface area contributed by atoms with Crippen molar-refractivity contribution < 1.29 is 23.9 Å². The number of carbonyl (C=O) groups excluding carboxylic acids is 4. The molecule has 3 aromatic rings. The largest absolute Gasteiger partial charge is 0.444 e. The molecule has 2 heterocycles.